The van der Waals surface area contributed by atoms with Crippen LogP contribution in [0.2, 0.25) is 0 Å². The van der Waals surface area contributed by atoms with E-state index >= 15 is 0 Å². The van der Waals surface area contributed by atoms with E-state index in [0.29, 0.717) is 11.8 Å². The molecule has 69 heavy (non-hydrogen) atoms. The van der Waals surface area contributed by atoms with Gasteiger partial charge in [-0.2, -0.15) is 0 Å². The van der Waals surface area contributed by atoms with Crippen molar-refractivity contribution in [3.8, 4) is 45.3 Å². The summed E-state index contributed by atoms with van der Waals surface area (Å²) < 4.78 is 141. The van der Waals surface area contributed by atoms with Crippen LogP contribution in [-0.2, 0) is 20.1 Å². The van der Waals surface area contributed by atoms with Gasteiger partial charge in [-0.15, -0.1) is 53.6 Å². The van der Waals surface area contributed by atoms with Gasteiger partial charge in [0.25, 0.3) is 0 Å². The van der Waals surface area contributed by atoms with E-state index in [1.54, 1.807) is 18.2 Å². The van der Waals surface area contributed by atoms with Gasteiger partial charge in [0, 0.05) is 58.8 Å². The second-order valence-electron chi connectivity index (χ2n) is 17.4. The molecule has 1 unspecified atom stereocenters. The Morgan fingerprint density at radius 3 is 1.81 bits per heavy atom. The van der Waals surface area contributed by atoms with E-state index in [0.717, 1.165) is 62.6 Å². The number of nitrogens with zero attached hydrogens (tertiary/aromatic N) is 4. The molecule has 0 aliphatic carbocycles. The van der Waals surface area contributed by atoms with Crippen molar-refractivity contribution in [2.24, 2.45) is 0 Å². The first-order valence-corrected chi connectivity index (χ1v) is 22.5. The number of furan rings is 1. The molecule has 6 heteroatoms. The Hall–Kier alpha value is -6.85. The number of imidazole rings is 2. The van der Waals surface area contributed by atoms with Crippen molar-refractivity contribution < 1.29 is 46.5 Å². The number of hydrogen-bond acceptors (Lipinski definition) is 3. The van der Waals surface area contributed by atoms with Gasteiger partial charge in [-0.05, 0) is 99.5 Å². The summed E-state index contributed by atoms with van der Waals surface area (Å²) in [5, 5.41) is 2.18. The maximum Gasteiger partial charge on any atom is 0.120 e. The van der Waals surface area contributed by atoms with E-state index in [-0.39, 0.29) is 48.1 Å². The maximum atomic E-state index is 9.03. The van der Waals surface area contributed by atoms with Crippen LogP contribution in [0.15, 0.2) is 168 Å². The third kappa shape index (κ3) is 8.77. The largest absolute Gasteiger partial charge is 0.501 e. The van der Waals surface area contributed by atoms with E-state index in [2.05, 4.69) is 134 Å². The van der Waals surface area contributed by atoms with Crippen molar-refractivity contribution in [2.75, 3.05) is 0 Å². The van der Waals surface area contributed by atoms with Gasteiger partial charge in [0.1, 0.15) is 5.58 Å². The van der Waals surface area contributed by atoms with Crippen LogP contribution >= 0.6 is 0 Å². The zero-order chi connectivity index (χ0) is 60.6. The summed E-state index contributed by atoms with van der Waals surface area (Å²) in [4.78, 5) is 9.81. The average Bonchev–Trinajstić information content (AvgIpc) is 1.65. The van der Waals surface area contributed by atoms with Gasteiger partial charge in [0.2, 0.25) is 0 Å². The van der Waals surface area contributed by atoms with Gasteiger partial charge < -0.3 is 13.6 Å². The molecule has 0 saturated carbocycles. The molecule has 0 aliphatic heterocycles. The Morgan fingerprint density at radius 2 is 1.17 bits per heavy atom. The van der Waals surface area contributed by atoms with E-state index in [9.17, 15) is 0 Å². The average molecular weight is 1100 g/mol. The number of rotatable bonds is 9. The van der Waals surface area contributed by atoms with Crippen LogP contribution in [0.5, 0.6) is 0 Å². The molecular weight excluding hydrogens is 1020 g/mol. The van der Waals surface area contributed by atoms with Gasteiger partial charge in [-0.3, -0.25) is 9.97 Å². The molecule has 0 bridgehead atoms. The van der Waals surface area contributed by atoms with Gasteiger partial charge in [0.05, 0.1) is 39.3 Å². The molecule has 8 aromatic carbocycles. The van der Waals surface area contributed by atoms with Gasteiger partial charge in [-0.1, -0.05) is 164 Å². The summed E-state index contributed by atoms with van der Waals surface area (Å²) in [5.41, 5.74) is 9.56. The minimum Gasteiger partial charge on any atom is -0.501 e. The third-order valence-electron chi connectivity index (χ3n) is 12.3. The summed E-state index contributed by atoms with van der Waals surface area (Å²) in [6.45, 7) is -6.16. The molecule has 11 aromatic rings. The first-order valence-electron chi connectivity index (χ1n) is 30.7. The smallest absolute Gasteiger partial charge is 0.120 e. The molecule has 11 rings (SSSR count). The van der Waals surface area contributed by atoms with Crippen molar-refractivity contribution in [3.63, 3.8) is 0 Å². The molecule has 3 heterocycles. The first-order chi connectivity index (χ1) is 39.5. The van der Waals surface area contributed by atoms with Gasteiger partial charge in [-0.25, -0.2) is 0 Å². The Bertz CT molecular complexity index is 4190. The van der Waals surface area contributed by atoms with Gasteiger partial charge >= 0.3 is 0 Å². The number of fused-ring (bicyclic) bond motifs is 5. The van der Waals surface area contributed by atoms with Crippen LogP contribution in [0.1, 0.15) is 128 Å². The molecule has 0 aliphatic rings. The van der Waals surface area contributed by atoms with Crippen LogP contribution in [0.4, 0.5) is 0 Å². The van der Waals surface area contributed by atoms with Crippen molar-refractivity contribution in [2.45, 2.75) is 85.6 Å². The van der Waals surface area contributed by atoms with Gasteiger partial charge in [0.15, 0.2) is 0 Å². The molecule has 0 amide bonds. The fraction of sp³-hybridized carbons (Fsp3) is 0.206. The van der Waals surface area contributed by atoms with Crippen molar-refractivity contribution in [1.29, 1.82) is 0 Å². The molecule has 0 N–H and O–H groups in total. The summed E-state index contributed by atoms with van der Waals surface area (Å²) in [6, 6.07) is 55.8. The number of benzene rings is 8. The fourth-order valence-electron chi connectivity index (χ4n) is 9.09. The molecule has 1 atom stereocenters. The number of para-hydroxylation sites is 6. The normalized spacial score (nSPS) is 16.9. The summed E-state index contributed by atoms with van der Waals surface area (Å²) in [7, 11) is 0. The molecule has 0 saturated heterocycles. The van der Waals surface area contributed by atoms with Crippen LogP contribution < -0.4 is 0 Å². The SMILES string of the molecule is CC(C)c1cc(-c2ccccc2)cc(C(C)C)c1-n1c(-c2[c-]ccc3c2oc2ccccc23)nc2ccccc21.[2H]C([2H])C([2H])(c1cccc(C([2H])(C([2H])([2H])[2H])C([2H])([2H])[2H])c1-n1c(-c2[c-]cc(C([2H])([2H])[2H])cc2)nc2ccccc21)C([2H])([2H])[2H].[Ir]. The van der Waals surface area contributed by atoms with Crippen molar-refractivity contribution in [3.05, 3.63) is 204 Å². The van der Waals surface area contributed by atoms with Crippen LogP contribution in [0.25, 0.3) is 89.3 Å². The summed E-state index contributed by atoms with van der Waals surface area (Å²) in [6.07, 6.45) is 0. The quantitative estimate of drug-likeness (QED) is 0.135. The Labute approximate surface area is 442 Å². The Kier molecular flexibility index (Phi) is 8.91. The molecule has 3 aromatic heterocycles. The first kappa shape index (κ1) is 31.3. The number of aryl methyl sites for hydroxylation is 1. The molecular formula is C63H58IrN4O-2. The summed E-state index contributed by atoms with van der Waals surface area (Å²) >= 11 is 0. The zero-order valence-electron chi connectivity index (χ0n) is 54.4. The fourth-order valence-corrected chi connectivity index (χ4v) is 9.09. The predicted octanol–water partition coefficient (Wildman–Crippen LogP) is 17.4. The van der Waals surface area contributed by atoms with E-state index in [1.165, 1.54) is 56.8 Å². The van der Waals surface area contributed by atoms with Crippen LogP contribution in [0, 0.1) is 19.0 Å². The van der Waals surface area contributed by atoms with E-state index in [4.69, 9.17) is 31.3 Å². The van der Waals surface area contributed by atoms with Crippen molar-refractivity contribution in [1.82, 2.24) is 19.1 Å². The molecule has 0 fully saturated rings. The zero-order valence-corrected chi connectivity index (χ0v) is 40.7. The molecule has 5 nitrogen and oxygen atoms in total. The molecule has 347 valence electrons. The van der Waals surface area contributed by atoms with E-state index in [1.807, 2.05) is 18.2 Å². The second-order valence-corrected chi connectivity index (χ2v) is 17.4. The molecule has 1 radical (unpaired) electrons. The Morgan fingerprint density at radius 1 is 0.565 bits per heavy atom. The second kappa shape index (κ2) is 19.6. The minimum atomic E-state index is -3.53. The number of aromatic nitrogens is 4. The van der Waals surface area contributed by atoms with Crippen LogP contribution in [-0.4, -0.2) is 19.1 Å². The molecule has 0 spiro atoms. The van der Waals surface area contributed by atoms with E-state index < -0.39 is 62.9 Å². The Balaban J connectivity index is 0.000000202. The topological polar surface area (TPSA) is 48.8 Å². The third-order valence-corrected chi connectivity index (χ3v) is 12.3. The van der Waals surface area contributed by atoms with Crippen molar-refractivity contribution >= 4 is 44.0 Å². The minimum absolute atomic E-state index is 0. The standard InChI is InChI=1S/C37H31N2O.C26H27N2.Ir/c1-23(2)30-21-26(25-13-6-5-7-14-25)22-31(24(3)4)35(30)39-33-19-10-9-18-32(33)38-37(39)29-17-12-16-28-27-15-8-11-20-34(27)40-36(28)29;1-17(2)21-9-8-10-22(18(3)4)25(21)28-24-12-7-6-11-23(24)27-26(28)20-15-13-19(5)14-16-20;/h5-16,18-24H,1-4H3;6-15,17-18H,1-5H3;/q2*-1;/i;1D2,2D3,3D3,4D3,5D3,17D,18D;. The monoisotopic (exact) mass is 1100 g/mol. The van der Waals surface area contributed by atoms with Crippen LogP contribution in [0.3, 0.4) is 0 Å². The maximum absolute atomic E-state index is 9.03. The predicted molar refractivity (Wildman–Crippen MR) is 284 cm³/mol. The number of hydrogen-bond donors (Lipinski definition) is 0. The summed E-state index contributed by atoms with van der Waals surface area (Å²) in [5.74, 6) is -5.08.